The Morgan fingerprint density at radius 1 is 1.34 bits per heavy atom. The zero-order valence-electron chi connectivity index (χ0n) is 15.2. The minimum atomic E-state index is -0.358. The van der Waals surface area contributed by atoms with Gasteiger partial charge >= 0.3 is 0 Å². The van der Waals surface area contributed by atoms with Crippen LogP contribution in [0.25, 0.3) is 0 Å². The average Bonchev–Trinajstić information content (AvgIpc) is 3.35. The Morgan fingerprint density at radius 2 is 2.24 bits per heavy atom. The highest BCUT2D eigenvalue weighted by molar-refractivity contribution is 7.98. The third-order valence-corrected chi connectivity index (χ3v) is 7.20. The van der Waals surface area contributed by atoms with Gasteiger partial charge in [-0.05, 0) is 42.0 Å². The van der Waals surface area contributed by atoms with Crippen molar-refractivity contribution in [2.24, 2.45) is 0 Å². The molecule has 0 saturated heterocycles. The van der Waals surface area contributed by atoms with Crippen LogP contribution in [-0.2, 0) is 10.5 Å². The molecule has 2 aliphatic rings. The van der Waals surface area contributed by atoms with Crippen molar-refractivity contribution in [2.75, 3.05) is 5.32 Å². The lowest BCUT2D eigenvalue weighted by Gasteiger charge is -2.31. The van der Waals surface area contributed by atoms with Crippen molar-refractivity contribution in [1.29, 1.82) is 0 Å². The van der Waals surface area contributed by atoms with Gasteiger partial charge in [-0.15, -0.1) is 16.4 Å². The molecular weight excluding hydrogens is 431 g/mol. The first-order chi connectivity index (χ1) is 14.1. The van der Waals surface area contributed by atoms with E-state index in [1.165, 1.54) is 23.9 Å². The smallest absolute Gasteiger partial charge is 0.227 e. The molecule has 5 nitrogen and oxygen atoms in total. The first-order valence-corrected chi connectivity index (χ1v) is 11.4. The van der Waals surface area contributed by atoms with E-state index >= 15 is 0 Å². The number of carbonyl (C=O) groups is 1. The predicted octanol–water partition coefficient (Wildman–Crippen LogP) is 5.45. The fraction of sp³-hybridized carbons (Fsp3) is 0.250. The maximum absolute atomic E-state index is 13.3. The Hall–Kier alpha value is -2.16. The summed E-state index contributed by atoms with van der Waals surface area (Å²) >= 11 is 9.17. The molecule has 3 heterocycles. The number of nitrogens with one attached hydrogen (secondary N) is 1. The van der Waals surface area contributed by atoms with Crippen LogP contribution >= 0.6 is 34.7 Å². The normalized spacial score (nSPS) is 18.4. The SMILES string of the molecule is O=C1CCCC2=C1[C@@H](c1cccs1)n1nc(SCc3ccc(F)cc3Cl)nc1N2. The number of Topliss-reactive ketones (excluding diaryl/α,β-unsaturated/α-hetero) is 1. The van der Waals surface area contributed by atoms with Gasteiger partial charge < -0.3 is 5.32 Å². The van der Waals surface area contributed by atoms with Crippen molar-refractivity contribution in [3.8, 4) is 0 Å². The highest BCUT2D eigenvalue weighted by Gasteiger charge is 2.37. The monoisotopic (exact) mass is 446 g/mol. The zero-order chi connectivity index (χ0) is 20.0. The van der Waals surface area contributed by atoms with Gasteiger partial charge in [-0.1, -0.05) is 35.5 Å². The number of ketones is 1. The number of anilines is 1. The Bertz CT molecular complexity index is 1130. The average molecular weight is 447 g/mol. The molecule has 5 rings (SSSR count). The van der Waals surface area contributed by atoms with Crippen LogP contribution in [0.1, 0.15) is 35.7 Å². The molecule has 1 atom stereocenters. The summed E-state index contributed by atoms with van der Waals surface area (Å²) in [6.07, 6.45) is 2.25. The van der Waals surface area contributed by atoms with Crippen molar-refractivity contribution in [3.05, 3.63) is 68.3 Å². The standard InChI is InChI=1S/C20H16ClFN4OS2/c21-13-9-12(22)7-6-11(13)10-29-20-24-19-23-14-3-1-4-15(27)17(14)18(26(19)25-20)16-5-2-8-28-16/h2,5-9,18H,1,3-4,10H2,(H,23,24,25)/t18-/m1/s1. The van der Waals surface area contributed by atoms with Gasteiger partial charge in [-0.2, -0.15) is 4.98 Å². The van der Waals surface area contributed by atoms with Crippen LogP contribution in [0, 0.1) is 5.82 Å². The van der Waals surface area contributed by atoms with Crippen LogP contribution in [-0.4, -0.2) is 20.5 Å². The van der Waals surface area contributed by atoms with Gasteiger partial charge in [0, 0.05) is 33.3 Å². The lowest BCUT2D eigenvalue weighted by atomic mass is 9.88. The van der Waals surface area contributed by atoms with Gasteiger partial charge in [0.2, 0.25) is 11.1 Å². The zero-order valence-corrected chi connectivity index (χ0v) is 17.6. The summed E-state index contributed by atoms with van der Waals surface area (Å²) in [5.74, 6) is 0.983. The van der Waals surface area contributed by atoms with Crippen molar-refractivity contribution < 1.29 is 9.18 Å². The van der Waals surface area contributed by atoms with E-state index in [0.29, 0.717) is 28.3 Å². The Balaban J connectivity index is 1.47. The maximum Gasteiger partial charge on any atom is 0.227 e. The summed E-state index contributed by atoms with van der Waals surface area (Å²) in [5.41, 5.74) is 2.58. The number of fused-ring (bicyclic) bond motifs is 1. The van der Waals surface area contributed by atoms with E-state index in [-0.39, 0.29) is 17.6 Å². The third-order valence-electron chi connectivity index (χ3n) is 5.03. The molecule has 3 aromatic rings. The third kappa shape index (κ3) is 3.49. The van der Waals surface area contributed by atoms with Gasteiger partial charge in [0.15, 0.2) is 5.78 Å². The number of hydrogen-bond acceptors (Lipinski definition) is 6. The van der Waals surface area contributed by atoms with Crippen LogP contribution in [0.2, 0.25) is 5.02 Å². The topological polar surface area (TPSA) is 59.8 Å². The molecule has 29 heavy (non-hydrogen) atoms. The lowest BCUT2D eigenvalue weighted by Crippen LogP contribution is -2.31. The van der Waals surface area contributed by atoms with E-state index in [9.17, 15) is 9.18 Å². The number of aromatic nitrogens is 3. The number of thioether (sulfide) groups is 1. The highest BCUT2D eigenvalue weighted by atomic mass is 35.5. The molecule has 0 radical (unpaired) electrons. The molecule has 1 aliphatic carbocycles. The predicted molar refractivity (Wildman–Crippen MR) is 113 cm³/mol. The first-order valence-electron chi connectivity index (χ1n) is 9.20. The number of thiophene rings is 1. The minimum absolute atomic E-state index is 0.172. The van der Waals surface area contributed by atoms with E-state index < -0.39 is 0 Å². The van der Waals surface area contributed by atoms with E-state index in [0.717, 1.165) is 34.6 Å². The molecule has 0 spiro atoms. The number of halogens is 2. The fourth-order valence-corrected chi connectivity index (χ4v) is 5.65. The molecular formula is C20H16ClFN4OS2. The van der Waals surface area contributed by atoms with Gasteiger partial charge in [0.1, 0.15) is 11.9 Å². The van der Waals surface area contributed by atoms with Crippen LogP contribution in [0.15, 0.2) is 52.1 Å². The van der Waals surface area contributed by atoms with Gasteiger partial charge in [-0.3, -0.25) is 4.79 Å². The van der Waals surface area contributed by atoms with E-state index in [1.54, 1.807) is 17.4 Å². The van der Waals surface area contributed by atoms with Gasteiger partial charge in [-0.25, -0.2) is 9.07 Å². The number of nitrogens with zero attached hydrogens (tertiary/aromatic N) is 3. The summed E-state index contributed by atoms with van der Waals surface area (Å²) in [7, 11) is 0. The number of carbonyl (C=O) groups excluding carboxylic acids is 1. The summed E-state index contributed by atoms with van der Waals surface area (Å²) < 4.78 is 15.1. The molecule has 2 aromatic heterocycles. The Labute approximate surface area is 180 Å². The number of benzene rings is 1. The molecule has 0 saturated carbocycles. The fourth-order valence-electron chi connectivity index (χ4n) is 3.69. The number of allylic oxidation sites excluding steroid dienone is 2. The maximum atomic E-state index is 13.3. The Morgan fingerprint density at radius 3 is 3.03 bits per heavy atom. The van der Waals surface area contributed by atoms with Crippen molar-refractivity contribution in [3.63, 3.8) is 0 Å². The largest absolute Gasteiger partial charge is 0.328 e. The molecule has 0 bridgehead atoms. The van der Waals surface area contributed by atoms with Crippen LogP contribution < -0.4 is 5.32 Å². The Kier molecular flexibility index (Phi) is 4.93. The van der Waals surface area contributed by atoms with E-state index in [4.69, 9.17) is 11.6 Å². The van der Waals surface area contributed by atoms with Crippen molar-refractivity contribution >= 4 is 46.4 Å². The second-order valence-electron chi connectivity index (χ2n) is 6.90. The van der Waals surface area contributed by atoms with Crippen molar-refractivity contribution in [1.82, 2.24) is 14.8 Å². The summed E-state index contributed by atoms with van der Waals surface area (Å²) in [4.78, 5) is 18.4. The molecule has 9 heteroatoms. The van der Waals surface area contributed by atoms with E-state index in [1.807, 2.05) is 22.2 Å². The number of hydrogen-bond donors (Lipinski definition) is 1. The molecule has 0 amide bonds. The minimum Gasteiger partial charge on any atom is -0.328 e. The lowest BCUT2D eigenvalue weighted by molar-refractivity contribution is -0.116. The summed E-state index contributed by atoms with van der Waals surface area (Å²) in [6.45, 7) is 0. The molecule has 0 fully saturated rings. The first kappa shape index (κ1) is 18.8. The van der Waals surface area contributed by atoms with Crippen LogP contribution in [0.3, 0.4) is 0 Å². The van der Waals surface area contributed by atoms with E-state index in [2.05, 4.69) is 15.4 Å². The quantitative estimate of drug-likeness (QED) is 0.540. The molecule has 0 unspecified atom stereocenters. The molecule has 1 aliphatic heterocycles. The molecule has 1 N–H and O–H groups in total. The second-order valence-corrected chi connectivity index (χ2v) is 9.23. The van der Waals surface area contributed by atoms with Crippen LogP contribution in [0.4, 0.5) is 10.3 Å². The highest BCUT2D eigenvalue weighted by Crippen LogP contribution is 2.42. The molecule has 148 valence electrons. The summed E-state index contributed by atoms with van der Waals surface area (Å²) in [6, 6.07) is 8.14. The second kappa shape index (κ2) is 7.59. The molecule has 1 aromatic carbocycles. The van der Waals surface area contributed by atoms with Gasteiger partial charge in [0.05, 0.1) is 0 Å². The van der Waals surface area contributed by atoms with Crippen LogP contribution in [0.5, 0.6) is 0 Å². The summed E-state index contributed by atoms with van der Waals surface area (Å²) in [5, 5.41) is 11.0. The van der Waals surface area contributed by atoms with Crippen molar-refractivity contribution in [2.45, 2.75) is 36.2 Å². The number of rotatable bonds is 4. The van der Waals surface area contributed by atoms with Gasteiger partial charge in [0.25, 0.3) is 0 Å².